The SMILES string of the molecule is CN1CCC2(CC1)CNC(=O)N(Cc1ccc(OC(F)(F)F)cc1)C2. The van der Waals surface area contributed by atoms with Crippen molar-refractivity contribution in [1.82, 2.24) is 15.1 Å². The first-order valence-corrected chi connectivity index (χ1v) is 8.31. The third-order valence-electron chi connectivity index (χ3n) is 5.01. The number of ether oxygens (including phenoxy) is 1. The first-order chi connectivity index (χ1) is 11.7. The van der Waals surface area contributed by atoms with Crippen LogP contribution >= 0.6 is 0 Å². The summed E-state index contributed by atoms with van der Waals surface area (Å²) < 4.78 is 40.5. The van der Waals surface area contributed by atoms with Crippen LogP contribution in [0.25, 0.3) is 0 Å². The summed E-state index contributed by atoms with van der Waals surface area (Å²) in [5, 5.41) is 2.97. The number of likely N-dealkylation sites (tertiary alicyclic amines) is 1. The molecule has 1 spiro atoms. The Morgan fingerprint density at radius 2 is 1.84 bits per heavy atom. The average Bonchev–Trinajstić information content (AvgIpc) is 2.55. The van der Waals surface area contributed by atoms with Crippen molar-refractivity contribution in [3.8, 4) is 5.75 Å². The molecule has 0 bridgehead atoms. The molecule has 1 aromatic carbocycles. The van der Waals surface area contributed by atoms with Crippen LogP contribution in [0.4, 0.5) is 18.0 Å². The summed E-state index contributed by atoms with van der Waals surface area (Å²) in [5.74, 6) is -0.258. The Morgan fingerprint density at radius 1 is 1.20 bits per heavy atom. The van der Waals surface area contributed by atoms with Gasteiger partial charge in [0.25, 0.3) is 0 Å². The van der Waals surface area contributed by atoms with E-state index in [0.717, 1.165) is 31.5 Å². The van der Waals surface area contributed by atoms with Gasteiger partial charge in [-0.25, -0.2) is 4.79 Å². The third kappa shape index (κ3) is 4.56. The van der Waals surface area contributed by atoms with Crippen molar-refractivity contribution in [3.63, 3.8) is 0 Å². The van der Waals surface area contributed by atoms with Crippen LogP contribution in [0.5, 0.6) is 5.75 Å². The van der Waals surface area contributed by atoms with Gasteiger partial charge in [-0.3, -0.25) is 0 Å². The molecule has 0 unspecified atom stereocenters. The second-order valence-corrected chi connectivity index (χ2v) is 7.01. The number of urea groups is 1. The Labute approximate surface area is 144 Å². The number of piperidine rings is 1. The predicted octanol–water partition coefficient (Wildman–Crippen LogP) is 2.82. The van der Waals surface area contributed by atoms with Gasteiger partial charge in [0, 0.05) is 25.0 Å². The minimum atomic E-state index is -4.70. The van der Waals surface area contributed by atoms with Crippen molar-refractivity contribution < 1.29 is 22.7 Å². The molecule has 1 N–H and O–H groups in total. The highest BCUT2D eigenvalue weighted by molar-refractivity contribution is 5.75. The lowest BCUT2D eigenvalue weighted by molar-refractivity contribution is -0.274. The van der Waals surface area contributed by atoms with E-state index in [1.54, 1.807) is 17.0 Å². The van der Waals surface area contributed by atoms with Gasteiger partial charge >= 0.3 is 12.4 Å². The largest absolute Gasteiger partial charge is 0.573 e. The molecule has 138 valence electrons. The van der Waals surface area contributed by atoms with Gasteiger partial charge in [-0.05, 0) is 50.7 Å². The monoisotopic (exact) mass is 357 g/mol. The first kappa shape index (κ1) is 17.8. The number of carbonyl (C=O) groups is 1. The van der Waals surface area contributed by atoms with Crippen molar-refractivity contribution in [1.29, 1.82) is 0 Å². The van der Waals surface area contributed by atoms with Gasteiger partial charge in [-0.1, -0.05) is 12.1 Å². The zero-order valence-corrected chi connectivity index (χ0v) is 14.1. The molecular formula is C17H22F3N3O2. The van der Waals surface area contributed by atoms with Gasteiger partial charge in [-0.2, -0.15) is 0 Å². The quantitative estimate of drug-likeness (QED) is 0.905. The third-order valence-corrected chi connectivity index (χ3v) is 5.01. The zero-order chi connectivity index (χ0) is 18.1. The van der Waals surface area contributed by atoms with Crippen LogP contribution in [0.2, 0.25) is 0 Å². The number of nitrogens with one attached hydrogen (secondary N) is 1. The number of carbonyl (C=O) groups excluding carboxylic acids is 1. The molecule has 0 aromatic heterocycles. The number of nitrogens with zero attached hydrogens (tertiary/aromatic N) is 2. The fraction of sp³-hybridized carbons (Fsp3) is 0.588. The van der Waals surface area contributed by atoms with Crippen LogP contribution in [0.3, 0.4) is 0 Å². The fourth-order valence-electron chi connectivity index (χ4n) is 3.48. The Balaban J connectivity index is 1.63. The molecular weight excluding hydrogens is 335 g/mol. The normalized spacial score (nSPS) is 21.3. The molecule has 2 amide bonds. The summed E-state index contributed by atoms with van der Waals surface area (Å²) in [7, 11) is 2.09. The number of hydrogen-bond donors (Lipinski definition) is 1. The highest BCUT2D eigenvalue weighted by atomic mass is 19.4. The molecule has 5 nitrogen and oxygen atoms in total. The number of amides is 2. The van der Waals surface area contributed by atoms with Crippen LogP contribution in [0.15, 0.2) is 24.3 Å². The minimum Gasteiger partial charge on any atom is -0.406 e. The Bertz CT molecular complexity index is 611. The van der Waals surface area contributed by atoms with Crippen molar-refractivity contribution in [3.05, 3.63) is 29.8 Å². The summed E-state index contributed by atoms with van der Waals surface area (Å²) in [6.45, 7) is 3.75. The number of alkyl halides is 3. The van der Waals surface area contributed by atoms with Crippen LogP contribution in [0, 0.1) is 5.41 Å². The maximum Gasteiger partial charge on any atom is 0.573 e. The smallest absolute Gasteiger partial charge is 0.406 e. The molecule has 2 aliphatic rings. The summed E-state index contributed by atoms with van der Waals surface area (Å²) in [6.07, 6.45) is -2.65. The minimum absolute atomic E-state index is 0.0831. The highest BCUT2D eigenvalue weighted by Gasteiger charge is 2.40. The van der Waals surface area contributed by atoms with Gasteiger partial charge in [0.1, 0.15) is 5.75 Å². The fourth-order valence-corrected chi connectivity index (χ4v) is 3.48. The van der Waals surface area contributed by atoms with Crippen LogP contribution in [0.1, 0.15) is 18.4 Å². The second kappa shape index (κ2) is 6.74. The van der Waals surface area contributed by atoms with E-state index in [2.05, 4.69) is 22.0 Å². The molecule has 2 aliphatic heterocycles. The molecule has 2 fully saturated rings. The first-order valence-electron chi connectivity index (χ1n) is 8.31. The van der Waals surface area contributed by atoms with Crippen LogP contribution in [-0.2, 0) is 6.54 Å². The molecule has 1 aromatic rings. The highest BCUT2D eigenvalue weighted by Crippen LogP contribution is 2.34. The Hall–Kier alpha value is -1.96. The van der Waals surface area contributed by atoms with Crippen LogP contribution in [-0.4, -0.2) is 55.4 Å². The predicted molar refractivity (Wildman–Crippen MR) is 86.1 cm³/mol. The maximum absolute atomic E-state index is 12.2. The summed E-state index contributed by atoms with van der Waals surface area (Å²) in [6, 6.07) is 5.54. The van der Waals surface area contributed by atoms with Gasteiger partial charge in [0.05, 0.1) is 0 Å². The van der Waals surface area contributed by atoms with E-state index >= 15 is 0 Å². The molecule has 2 heterocycles. The number of benzene rings is 1. The molecule has 8 heteroatoms. The number of hydrogen-bond acceptors (Lipinski definition) is 3. The number of halogens is 3. The molecule has 0 saturated carbocycles. The Kier molecular flexibility index (Phi) is 4.81. The van der Waals surface area contributed by atoms with Gasteiger partial charge in [0.15, 0.2) is 0 Å². The van der Waals surface area contributed by atoms with Crippen molar-refractivity contribution in [2.75, 3.05) is 33.2 Å². The van der Waals surface area contributed by atoms with Crippen molar-refractivity contribution in [2.24, 2.45) is 5.41 Å². The topological polar surface area (TPSA) is 44.8 Å². The number of rotatable bonds is 3. The average molecular weight is 357 g/mol. The van der Waals surface area contributed by atoms with E-state index in [9.17, 15) is 18.0 Å². The van der Waals surface area contributed by atoms with Gasteiger partial charge in [-0.15, -0.1) is 13.2 Å². The lowest BCUT2D eigenvalue weighted by atomic mass is 9.77. The molecule has 0 atom stereocenters. The molecule has 25 heavy (non-hydrogen) atoms. The molecule has 2 saturated heterocycles. The lowest BCUT2D eigenvalue weighted by Gasteiger charge is -2.47. The lowest BCUT2D eigenvalue weighted by Crippen LogP contribution is -2.59. The Morgan fingerprint density at radius 3 is 2.44 bits per heavy atom. The van der Waals surface area contributed by atoms with E-state index in [1.807, 2.05) is 0 Å². The van der Waals surface area contributed by atoms with E-state index in [-0.39, 0.29) is 17.2 Å². The van der Waals surface area contributed by atoms with Crippen LogP contribution < -0.4 is 10.1 Å². The van der Waals surface area contributed by atoms with E-state index < -0.39 is 6.36 Å². The van der Waals surface area contributed by atoms with E-state index in [1.165, 1.54) is 12.1 Å². The standard InChI is InChI=1S/C17H22F3N3O2/c1-22-8-6-16(7-9-22)11-21-15(24)23(12-16)10-13-2-4-14(5-3-13)25-17(18,19)20/h2-5H,6-12H2,1H3,(H,21,24). The van der Waals surface area contributed by atoms with Gasteiger partial charge in [0.2, 0.25) is 0 Å². The molecule has 3 rings (SSSR count). The van der Waals surface area contributed by atoms with Crippen molar-refractivity contribution >= 4 is 6.03 Å². The molecule has 0 radical (unpaired) electrons. The van der Waals surface area contributed by atoms with Gasteiger partial charge < -0.3 is 19.9 Å². The molecule has 0 aliphatic carbocycles. The summed E-state index contributed by atoms with van der Waals surface area (Å²) in [4.78, 5) is 16.2. The van der Waals surface area contributed by atoms with E-state index in [4.69, 9.17) is 0 Å². The maximum atomic E-state index is 12.2. The van der Waals surface area contributed by atoms with Crippen molar-refractivity contribution in [2.45, 2.75) is 25.7 Å². The van der Waals surface area contributed by atoms with E-state index in [0.29, 0.717) is 19.6 Å². The second-order valence-electron chi connectivity index (χ2n) is 7.01. The zero-order valence-electron chi connectivity index (χ0n) is 14.1. The summed E-state index contributed by atoms with van der Waals surface area (Å²) >= 11 is 0. The summed E-state index contributed by atoms with van der Waals surface area (Å²) in [5.41, 5.74) is 0.856.